The second-order valence-electron chi connectivity index (χ2n) is 5.99. The van der Waals surface area contributed by atoms with Crippen molar-refractivity contribution in [1.29, 1.82) is 5.26 Å². The van der Waals surface area contributed by atoms with Gasteiger partial charge in [0, 0.05) is 17.5 Å². The molecule has 9 heteroatoms. The van der Waals surface area contributed by atoms with Crippen molar-refractivity contribution in [2.24, 2.45) is 0 Å². The number of thiophene rings is 2. The van der Waals surface area contributed by atoms with E-state index in [0.29, 0.717) is 15.4 Å². The van der Waals surface area contributed by atoms with E-state index >= 15 is 0 Å². The molecule has 2 amide bonds. The molecule has 152 valence electrons. The highest BCUT2D eigenvalue weighted by atomic mass is 32.1. The molecule has 2 heterocycles. The van der Waals surface area contributed by atoms with Gasteiger partial charge in [0.25, 0.3) is 11.8 Å². The van der Waals surface area contributed by atoms with Crippen molar-refractivity contribution in [3.05, 3.63) is 63.7 Å². The number of nitrogens with zero attached hydrogens (tertiary/aromatic N) is 1. The van der Waals surface area contributed by atoms with Crippen LogP contribution in [0.4, 0.5) is 5.00 Å². The molecule has 0 aliphatic heterocycles. The number of hydrogen-bond donors (Lipinski definition) is 2. The van der Waals surface area contributed by atoms with E-state index < -0.39 is 18.5 Å². The molecular formula is C21H17N3O4S2. The summed E-state index contributed by atoms with van der Waals surface area (Å²) in [5, 5.41) is 17.7. The molecule has 30 heavy (non-hydrogen) atoms. The van der Waals surface area contributed by atoms with Crippen LogP contribution in [-0.4, -0.2) is 30.9 Å². The molecule has 7 nitrogen and oxygen atoms in total. The number of benzene rings is 1. The molecule has 0 fully saturated rings. The van der Waals surface area contributed by atoms with Gasteiger partial charge in [0.2, 0.25) is 0 Å². The topological polar surface area (TPSA) is 108 Å². The first-order chi connectivity index (χ1) is 14.6. The van der Waals surface area contributed by atoms with Gasteiger partial charge in [0.05, 0.1) is 17.4 Å². The van der Waals surface area contributed by atoms with E-state index in [2.05, 4.69) is 10.6 Å². The number of nitrogens with one attached hydrogen (secondary N) is 2. The molecular weight excluding hydrogens is 422 g/mol. The Hall–Kier alpha value is -3.48. The minimum Gasteiger partial charge on any atom is -0.452 e. The zero-order chi connectivity index (χ0) is 21.3. The quantitative estimate of drug-likeness (QED) is 0.409. The number of esters is 1. The van der Waals surface area contributed by atoms with Gasteiger partial charge in [-0.3, -0.25) is 9.59 Å². The summed E-state index contributed by atoms with van der Waals surface area (Å²) in [4.78, 5) is 37.6. The Morgan fingerprint density at radius 3 is 2.57 bits per heavy atom. The Morgan fingerprint density at radius 1 is 1.07 bits per heavy atom. The smallest absolute Gasteiger partial charge is 0.342 e. The third kappa shape index (κ3) is 5.31. The Balaban J connectivity index is 1.81. The lowest BCUT2D eigenvalue weighted by atomic mass is 10.0. The SMILES string of the molecule is N#CCCNC(=O)COC(=O)c1c(-c2ccccc2)csc1NC(=O)c1cccs1. The van der Waals surface area contributed by atoms with Gasteiger partial charge in [-0.25, -0.2) is 4.79 Å². The normalized spacial score (nSPS) is 10.1. The van der Waals surface area contributed by atoms with Crippen molar-refractivity contribution >= 4 is 45.5 Å². The maximum atomic E-state index is 12.8. The Bertz CT molecular complexity index is 1070. The number of anilines is 1. The molecule has 0 aliphatic carbocycles. The zero-order valence-electron chi connectivity index (χ0n) is 15.7. The monoisotopic (exact) mass is 439 g/mol. The van der Waals surface area contributed by atoms with Gasteiger partial charge in [0.15, 0.2) is 6.61 Å². The van der Waals surface area contributed by atoms with E-state index in [1.165, 1.54) is 22.7 Å². The maximum Gasteiger partial charge on any atom is 0.342 e. The van der Waals surface area contributed by atoms with Crippen LogP contribution in [0.15, 0.2) is 53.2 Å². The summed E-state index contributed by atoms with van der Waals surface area (Å²) in [5.74, 6) is -1.54. The van der Waals surface area contributed by atoms with Gasteiger partial charge >= 0.3 is 5.97 Å². The highest BCUT2D eigenvalue weighted by Gasteiger charge is 2.24. The number of carbonyl (C=O) groups excluding carboxylic acids is 3. The van der Waals surface area contributed by atoms with Crippen LogP contribution >= 0.6 is 22.7 Å². The van der Waals surface area contributed by atoms with E-state index in [4.69, 9.17) is 10.00 Å². The van der Waals surface area contributed by atoms with Crippen molar-refractivity contribution in [3.8, 4) is 17.2 Å². The lowest BCUT2D eigenvalue weighted by molar-refractivity contribution is -0.124. The summed E-state index contributed by atoms with van der Waals surface area (Å²) >= 11 is 2.50. The number of carbonyl (C=O) groups is 3. The Morgan fingerprint density at radius 2 is 1.87 bits per heavy atom. The zero-order valence-corrected chi connectivity index (χ0v) is 17.3. The standard InChI is InChI=1S/C21H17N3O4S2/c22-9-5-10-23-17(25)12-28-21(27)18-15(14-6-2-1-3-7-14)13-30-20(18)24-19(26)16-8-4-11-29-16/h1-4,6-8,11,13H,5,10,12H2,(H,23,25)(H,24,26). The Kier molecular flexibility index (Phi) is 7.32. The van der Waals surface area contributed by atoms with Crippen LogP contribution in [0, 0.1) is 11.3 Å². The highest BCUT2D eigenvalue weighted by Crippen LogP contribution is 2.36. The molecule has 0 spiro atoms. The van der Waals surface area contributed by atoms with Crippen LogP contribution in [0.3, 0.4) is 0 Å². The highest BCUT2D eigenvalue weighted by molar-refractivity contribution is 7.15. The van der Waals surface area contributed by atoms with E-state index in [1.807, 2.05) is 36.4 Å². The van der Waals surface area contributed by atoms with Crippen LogP contribution in [0.1, 0.15) is 26.5 Å². The molecule has 0 radical (unpaired) electrons. The van der Waals surface area contributed by atoms with Gasteiger partial charge in [0.1, 0.15) is 10.6 Å². The first-order valence-corrected chi connectivity index (χ1v) is 10.7. The second kappa shape index (κ2) is 10.3. The number of rotatable bonds is 8. The van der Waals surface area contributed by atoms with Crippen molar-refractivity contribution in [3.63, 3.8) is 0 Å². The molecule has 0 unspecified atom stereocenters. The molecule has 0 saturated carbocycles. The van der Waals surface area contributed by atoms with Crippen molar-refractivity contribution in [1.82, 2.24) is 5.32 Å². The third-order valence-electron chi connectivity index (χ3n) is 3.95. The first kappa shape index (κ1) is 21.2. The lowest BCUT2D eigenvalue weighted by Gasteiger charge is -2.09. The van der Waals surface area contributed by atoms with Crippen LogP contribution < -0.4 is 10.6 Å². The predicted octanol–water partition coefficient (Wildman–Crippen LogP) is 3.92. The molecule has 2 N–H and O–H groups in total. The summed E-state index contributed by atoms with van der Waals surface area (Å²) in [6, 6.07) is 14.6. The Labute approximate surface area is 180 Å². The van der Waals surface area contributed by atoms with E-state index in [9.17, 15) is 14.4 Å². The van der Waals surface area contributed by atoms with E-state index in [0.717, 1.165) is 5.56 Å². The summed E-state index contributed by atoms with van der Waals surface area (Å²) in [5.41, 5.74) is 1.59. The summed E-state index contributed by atoms with van der Waals surface area (Å²) < 4.78 is 5.18. The van der Waals surface area contributed by atoms with E-state index in [1.54, 1.807) is 22.9 Å². The minimum absolute atomic E-state index is 0.168. The van der Waals surface area contributed by atoms with Gasteiger partial charge in [-0.2, -0.15) is 5.26 Å². The second-order valence-corrected chi connectivity index (χ2v) is 7.81. The molecule has 0 aliphatic rings. The fraction of sp³-hybridized carbons (Fsp3) is 0.143. The van der Waals surface area contributed by atoms with E-state index in [-0.39, 0.29) is 24.4 Å². The predicted molar refractivity (Wildman–Crippen MR) is 116 cm³/mol. The van der Waals surface area contributed by atoms with Crippen LogP contribution in [-0.2, 0) is 9.53 Å². The molecule has 2 aromatic heterocycles. The number of amides is 2. The molecule has 1 aromatic carbocycles. The molecule has 3 aromatic rings. The van der Waals surface area contributed by atoms with Gasteiger partial charge in [-0.05, 0) is 17.0 Å². The lowest BCUT2D eigenvalue weighted by Crippen LogP contribution is -2.29. The fourth-order valence-corrected chi connectivity index (χ4v) is 4.14. The van der Waals surface area contributed by atoms with Gasteiger partial charge in [-0.1, -0.05) is 36.4 Å². The minimum atomic E-state index is -0.716. The van der Waals surface area contributed by atoms with Crippen molar-refractivity contribution in [2.75, 3.05) is 18.5 Å². The van der Waals surface area contributed by atoms with Crippen LogP contribution in [0.25, 0.3) is 11.1 Å². The molecule has 0 saturated heterocycles. The van der Waals surface area contributed by atoms with Crippen LogP contribution in [0.2, 0.25) is 0 Å². The summed E-state index contributed by atoms with van der Waals surface area (Å²) in [7, 11) is 0. The summed E-state index contributed by atoms with van der Waals surface area (Å²) in [6.45, 7) is -0.296. The number of nitriles is 1. The maximum absolute atomic E-state index is 12.8. The third-order valence-corrected chi connectivity index (χ3v) is 5.71. The average Bonchev–Trinajstić information content (AvgIpc) is 3.43. The molecule has 3 rings (SSSR count). The van der Waals surface area contributed by atoms with Crippen LogP contribution in [0.5, 0.6) is 0 Å². The fourth-order valence-electron chi connectivity index (χ4n) is 2.57. The summed E-state index contributed by atoms with van der Waals surface area (Å²) in [6.07, 6.45) is 0.168. The van der Waals surface area contributed by atoms with Gasteiger partial charge < -0.3 is 15.4 Å². The average molecular weight is 440 g/mol. The largest absolute Gasteiger partial charge is 0.452 e. The molecule has 0 bridgehead atoms. The number of hydrogen-bond acceptors (Lipinski definition) is 7. The molecule has 0 atom stereocenters. The first-order valence-electron chi connectivity index (χ1n) is 8.92. The van der Waals surface area contributed by atoms with Crippen molar-refractivity contribution < 1.29 is 19.1 Å². The van der Waals surface area contributed by atoms with Crippen molar-refractivity contribution in [2.45, 2.75) is 6.42 Å². The van der Waals surface area contributed by atoms with Gasteiger partial charge in [-0.15, -0.1) is 22.7 Å². The number of ether oxygens (including phenoxy) is 1.